The first-order chi connectivity index (χ1) is 1.91. The molecule has 22 valence electrons. The van der Waals surface area contributed by atoms with Gasteiger partial charge in [0.05, 0.1) is 0 Å². The molecule has 0 aliphatic rings. The number of rotatable bonds is 1. The van der Waals surface area contributed by atoms with E-state index >= 15 is 0 Å². The summed E-state index contributed by atoms with van der Waals surface area (Å²) in [7, 11) is 0. The average Bonchev–Trinajstić information content (AvgIpc) is 1.37. The van der Waals surface area contributed by atoms with E-state index in [4.69, 9.17) is 5.53 Å². The van der Waals surface area contributed by atoms with Crippen LogP contribution in [0.2, 0.25) is 0 Å². The van der Waals surface area contributed by atoms with Gasteiger partial charge in [0.2, 0.25) is 0 Å². The van der Waals surface area contributed by atoms with Gasteiger partial charge in [-0.15, -0.1) is 0 Å². The van der Waals surface area contributed by atoms with Crippen molar-refractivity contribution in [3.05, 3.63) is 18.3 Å². The first-order valence-electron chi connectivity index (χ1n) is 0.921. The van der Waals surface area contributed by atoms with E-state index in [1.807, 2.05) is 0 Å². The van der Waals surface area contributed by atoms with Crippen molar-refractivity contribution in [2.24, 2.45) is 0 Å². The van der Waals surface area contributed by atoms with Gasteiger partial charge in [0.25, 0.3) is 0 Å². The fraction of sp³-hybridized carbons (Fsp3) is 0. The van der Waals surface area contributed by atoms with Gasteiger partial charge in [-0.25, -0.2) is 0 Å². The van der Waals surface area contributed by atoms with Crippen LogP contribution in [-0.2, 0) is 0 Å². The summed E-state index contributed by atoms with van der Waals surface area (Å²) >= 11 is 0. The highest BCUT2D eigenvalue weighted by molar-refractivity contribution is 4.36. The Morgan fingerprint density at radius 3 is 2.25 bits per heavy atom. The molecular weight excluding hydrogens is 52.0 g/mol. The minimum Gasteiger partial charge on any atom is -0.502 e. The van der Waals surface area contributed by atoms with Crippen molar-refractivity contribution in [3.63, 3.8) is 0 Å². The van der Waals surface area contributed by atoms with Gasteiger partial charge >= 0.3 is 0 Å². The molecule has 0 aromatic rings. The predicted octanol–water partition coefficient (Wildman–Crippen LogP) is -0.768. The van der Waals surface area contributed by atoms with Crippen molar-refractivity contribution in [3.8, 4) is 0 Å². The minimum absolute atomic E-state index is 1.18. The molecule has 0 aromatic heterocycles. The lowest BCUT2D eigenvalue weighted by molar-refractivity contribution is -0.397. The molecule has 0 saturated carbocycles. The largest absolute Gasteiger partial charge is 0.502 e. The fourth-order valence-corrected chi connectivity index (χ4v) is 0. The molecule has 0 rings (SSSR count). The molecule has 1 N–H and O–H groups in total. The Morgan fingerprint density at radius 1 is 2.00 bits per heavy atom. The van der Waals surface area contributed by atoms with Crippen LogP contribution in [0, 0.1) is 0 Å². The van der Waals surface area contributed by atoms with E-state index in [2.05, 4.69) is 6.58 Å². The number of hydrogen-bond acceptors (Lipinski definition) is 0. The molecule has 4 heavy (non-hydrogen) atoms. The lowest BCUT2D eigenvalue weighted by atomic mass is 11.1. The summed E-state index contributed by atoms with van der Waals surface area (Å²) in [5.74, 6) is 0. The maximum atomic E-state index is 7.51. The summed E-state index contributed by atoms with van der Waals surface area (Å²) in [4.78, 5) is 0. The Kier molecular flexibility index (Phi) is 1.95. The van der Waals surface area contributed by atoms with E-state index < -0.39 is 0 Å². The SMILES string of the molecule is C=C[NH+]=[N-]. The number of nitrogens with one attached hydrogen (secondary N) is 1. The second-order valence-electron chi connectivity index (χ2n) is 0.333. The smallest absolute Gasteiger partial charge is 0.148 e. The fourth-order valence-electron chi connectivity index (χ4n) is 0. The first kappa shape index (κ1) is 3.34. The predicted molar refractivity (Wildman–Crippen MR) is 14.5 cm³/mol. The highest BCUT2D eigenvalue weighted by atomic mass is 14.9. The zero-order chi connectivity index (χ0) is 3.41. The molecule has 0 unspecified atom stereocenters. The molecule has 0 atom stereocenters. The molecule has 0 spiro atoms. The molecule has 0 heterocycles. The van der Waals surface area contributed by atoms with E-state index in [9.17, 15) is 0 Å². The average molecular weight is 56.1 g/mol. The molecule has 0 aliphatic heterocycles. The van der Waals surface area contributed by atoms with Gasteiger partial charge in [-0.05, 0) is 6.58 Å². The summed E-state index contributed by atoms with van der Waals surface area (Å²) in [5, 5.41) is 1.69. The normalized spacial score (nSPS) is 5.00. The van der Waals surface area contributed by atoms with Crippen molar-refractivity contribution in [1.29, 1.82) is 0 Å². The topological polar surface area (TPSA) is 36.3 Å². The Balaban J connectivity index is 2.73. The Morgan fingerprint density at radius 2 is 2.25 bits per heavy atom. The Bertz CT molecular complexity index is 25.0. The second kappa shape index (κ2) is 2.34. The Hall–Kier alpha value is -0.660. The highest BCUT2D eigenvalue weighted by Gasteiger charge is 1.29. The molecule has 0 fully saturated rings. The van der Waals surface area contributed by atoms with Gasteiger partial charge in [0.1, 0.15) is 6.20 Å². The van der Waals surface area contributed by atoms with Crippen LogP contribution < -0.4 is 5.11 Å². The lowest BCUT2D eigenvalue weighted by Gasteiger charge is -1.53. The van der Waals surface area contributed by atoms with Crippen LogP contribution in [0.1, 0.15) is 0 Å². The summed E-state index contributed by atoms with van der Waals surface area (Å²) < 4.78 is 0. The maximum absolute atomic E-state index is 7.51. The molecular formula is C2H4N2. The van der Waals surface area contributed by atoms with Crippen LogP contribution in [0.4, 0.5) is 0 Å². The third-order valence-electron chi connectivity index (χ3n) is 0.0913. The standard InChI is InChI=1S/C2H4N2/c1-2-4-3/h2,4H,1H2. The van der Waals surface area contributed by atoms with Crippen LogP contribution in [0.5, 0.6) is 0 Å². The van der Waals surface area contributed by atoms with Gasteiger partial charge in [0.15, 0.2) is 0 Å². The van der Waals surface area contributed by atoms with E-state index in [0.717, 1.165) is 0 Å². The Labute approximate surface area is 24.7 Å². The van der Waals surface area contributed by atoms with E-state index in [1.165, 1.54) is 6.20 Å². The minimum atomic E-state index is 1.18. The third-order valence-corrected chi connectivity index (χ3v) is 0.0913. The van der Waals surface area contributed by atoms with Crippen molar-refractivity contribution in [2.75, 3.05) is 0 Å². The molecule has 0 amide bonds. The molecule has 2 heteroatoms. The first-order valence-corrected chi connectivity index (χ1v) is 0.921. The van der Waals surface area contributed by atoms with Crippen molar-refractivity contribution >= 4 is 0 Å². The van der Waals surface area contributed by atoms with Crippen LogP contribution in [0.3, 0.4) is 0 Å². The van der Waals surface area contributed by atoms with Crippen LogP contribution in [-0.4, -0.2) is 0 Å². The second-order valence-corrected chi connectivity index (χ2v) is 0.333. The molecule has 0 aliphatic carbocycles. The van der Waals surface area contributed by atoms with Gasteiger partial charge in [-0.3, -0.25) is 0 Å². The van der Waals surface area contributed by atoms with Crippen LogP contribution >= 0.6 is 0 Å². The molecule has 2 nitrogen and oxygen atoms in total. The summed E-state index contributed by atoms with van der Waals surface area (Å²) in [6.45, 7) is 3.12. The molecule has 0 aromatic carbocycles. The number of hydrogen-bond donors (Lipinski definition) is 1. The summed E-state index contributed by atoms with van der Waals surface area (Å²) in [6, 6.07) is 0. The highest BCUT2D eigenvalue weighted by Crippen LogP contribution is 1.10. The van der Waals surface area contributed by atoms with E-state index in [0.29, 0.717) is 0 Å². The third kappa shape index (κ3) is 1.34. The van der Waals surface area contributed by atoms with Gasteiger partial charge < -0.3 is 10.6 Å². The number of nitrogens with zero attached hydrogens (tertiary/aromatic N) is 1. The van der Waals surface area contributed by atoms with Gasteiger partial charge in [-0.1, -0.05) is 0 Å². The van der Waals surface area contributed by atoms with Crippen molar-refractivity contribution in [2.45, 2.75) is 0 Å². The van der Waals surface area contributed by atoms with Gasteiger partial charge in [-0.2, -0.15) is 0 Å². The molecule has 0 saturated heterocycles. The van der Waals surface area contributed by atoms with Crippen LogP contribution in [0.15, 0.2) is 12.8 Å². The van der Waals surface area contributed by atoms with E-state index in [-0.39, 0.29) is 0 Å². The van der Waals surface area contributed by atoms with Gasteiger partial charge in [0, 0.05) is 0 Å². The zero-order valence-corrected chi connectivity index (χ0v) is 2.23. The summed E-state index contributed by atoms with van der Waals surface area (Å²) in [6.07, 6.45) is 1.18. The molecule has 0 bridgehead atoms. The summed E-state index contributed by atoms with van der Waals surface area (Å²) in [5.41, 5.74) is 7.51. The molecule has 0 radical (unpaired) electrons. The van der Waals surface area contributed by atoms with Crippen molar-refractivity contribution < 1.29 is 5.11 Å². The maximum Gasteiger partial charge on any atom is 0.148 e. The quantitative estimate of drug-likeness (QED) is 0.383. The lowest BCUT2D eigenvalue weighted by Crippen LogP contribution is -2.53. The zero-order valence-electron chi connectivity index (χ0n) is 2.23. The van der Waals surface area contributed by atoms with E-state index in [1.54, 1.807) is 5.11 Å². The van der Waals surface area contributed by atoms with Crippen LogP contribution in [0.25, 0.3) is 5.53 Å². The monoisotopic (exact) mass is 56.0 g/mol. The van der Waals surface area contributed by atoms with Crippen molar-refractivity contribution in [1.82, 2.24) is 0 Å².